The van der Waals surface area contributed by atoms with Crippen molar-refractivity contribution in [1.82, 2.24) is 5.32 Å². The second-order valence-electron chi connectivity index (χ2n) is 7.83. The van der Waals surface area contributed by atoms with Gasteiger partial charge < -0.3 is 4.74 Å². The molecule has 3 aromatic rings. The Morgan fingerprint density at radius 3 is 2.57 bits per heavy atom. The number of carbonyl (C=O) groups excluding carboxylic acids is 3. The predicted molar refractivity (Wildman–Crippen MR) is 140 cm³/mol. The van der Waals surface area contributed by atoms with Crippen molar-refractivity contribution in [2.75, 3.05) is 12.0 Å². The lowest BCUT2D eigenvalue weighted by Gasteiger charge is -2.27. The number of barbiturate groups is 1. The van der Waals surface area contributed by atoms with Crippen LogP contribution in [0, 0.1) is 16.3 Å². The molecule has 0 unspecified atom stereocenters. The Balaban J connectivity index is 1.72. The average molecular weight is 605 g/mol. The summed E-state index contributed by atoms with van der Waals surface area (Å²) in [5.74, 6) is -1.36. The highest BCUT2D eigenvalue weighted by Gasteiger charge is 2.37. The molecule has 0 atom stereocenters. The van der Waals surface area contributed by atoms with Crippen molar-refractivity contribution in [3.8, 4) is 5.75 Å². The molecule has 6 nitrogen and oxygen atoms in total. The maximum atomic E-state index is 13.6. The monoisotopic (exact) mass is 604 g/mol. The topological polar surface area (TPSA) is 75.7 Å². The number of benzene rings is 3. The molecule has 1 aliphatic rings. The van der Waals surface area contributed by atoms with Gasteiger partial charge in [0.2, 0.25) is 0 Å². The van der Waals surface area contributed by atoms with Gasteiger partial charge in [-0.1, -0.05) is 29.8 Å². The van der Waals surface area contributed by atoms with Crippen LogP contribution >= 0.6 is 34.2 Å². The van der Waals surface area contributed by atoms with E-state index in [4.69, 9.17) is 16.3 Å². The number of halogens is 3. The van der Waals surface area contributed by atoms with Gasteiger partial charge in [-0.15, -0.1) is 0 Å². The maximum Gasteiger partial charge on any atom is 0.335 e. The number of methoxy groups -OCH3 is 1. The summed E-state index contributed by atoms with van der Waals surface area (Å²) in [6.07, 6.45) is 1.85. The minimum Gasteiger partial charge on any atom is -0.496 e. The highest BCUT2D eigenvalue weighted by Crippen LogP contribution is 2.32. The molecule has 0 aromatic heterocycles. The zero-order valence-electron chi connectivity index (χ0n) is 18.7. The van der Waals surface area contributed by atoms with E-state index in [-0.39, 0.29) is 17.1 Å². The standard InChI is InChI=1S/C26H19ClFIN2O4/c1-14-20(27)7-4-8-22(14)31-25(33)19(24(32)30-26(31)34)11-16-12-21(29)18(23(13-16)35-2)10-15-5-3-6-17(28)9-15/h3-9,11-13H,10H2,1-2H3,(H,30,32,34)/b19-11+. The number of carbonyl (C=O) groups is 3. The SMILES string of the molecule is COc1cc(/C=C2\C(=O)NC(=O)N(c3cccc(Cl)c3C)C2=O)cc(I)c1Cc1cccc(F)c1. The van der Waals surface area contributed by atoms with Crippen LogP contribution in [0.4, 0.5) is 14.9 Å². The van der Waals surface area contributed by atoms with Crippen LogP contribution in [0.5, 0.6) is 5.75 Å². The predicted octanol–water partition coefficient (Wildman–Crippen LogP) is 5.66. The molecule has 178 valence electrons. The van der Waals surface area contributed by atoms with Gasteiger partial charge in [0.1, 0.15) is 17.1 Å². The molecular formula is C26H19ClFIN2O4. The fraction of sp³-hybridized carbons (Fsp3) is 0.115. The first-order chi connectivity index (χ1) is 16.7. The first-order valence-corrected chi connectivity index (χ1v) is 11.9. The molecule has 4 rings (SSSR count). The molecule has 1 heterocycles. The van der Waals surface area contributed by atoms with Crippen LogP contribution < -0.4 is 15.0 Å². The van der Waals surface area contributed by atoms with Crippen LogP contribution in [-0.2, 0) is 16.0 Å². The van der Waals surface area contributed by atoms with Gasteiger partial charge in [-0.05, 0) is 88.7 Å². The molecule has 0 radical (unpaired) electrons. The van der Waals surface area contributed by atoms with Crippen molar-refractivity contribution in [3.05, 3.63) is 96.8 Å². The summed E-state index contributed by atoms with van der Waals surface area (Å²) >= 11 is 8.30. The van der Waals surface area contributed by atoms with Crippen LogP contribution in [0.1, 0.15) is 22.3 Å². The fourth-order valence-corrected chi connectivity index (χ4v) is 4.79. The Bertz CT molecular complexity index is 1410. The quantitative estimate of drug-likeness (QED) is 0.232. The summed E-state index contributed by atoms with van der Waals surface area (Å²) in [4.78, 5) is 39.3. The van der Waals surface area contributed by atoms with Crippen molar-refractivity contribution in [2.24, 2.45) is 0 Å². The minimum absolute atomic E-state index is 0.209. The maximum absolute atomic E-state index is 13.6. The molecule has 0 spiro atoms. The Kier molecular flexibility index (Phi) is 7.23. The molecular weight excluding hydrogens is 586 g/mol. The number of urea groups is 1. The molecule has 0 aliphatic carbocycles. The van der Waals surface area contributed by atoms with Crippen molar-refractivity contribution >= 4 is 63.8 Å². The summed E-state index contributed by atoms with van der Waals surface area (Å²) in [6, 6.07) is 13.8. The number of anilines is 1. The van der Waals surface area contributed by atoms with Gasteiger partial charge in [0.05, 0.1) is 12.8 Å². The number of amides is 4. The van der Waals surface area contributed by atoms with E-state index in [2.05, 4.69) is 27.9 Å². The minimum atomic E-state index is -0.847. The molecule has 35 heavy (non-hydrogen) atoms. The molecule has 1 fully saturated rings. The van der Waals surface area contributed by atoms with Crippen LogP contribution in [-0.4, -0.2) is 25.0 Å². The van der Waals surface area contributed by atoms with Gasteiger partial charge in [-0.2, -0.15) is 0 Å². The van der Waals surface area contributed by atoms with E-state index < -0.39 is 17.8 Å². The van der Waals surface area contributed by atoms with Gasteiger partial charge in [-0.3, -0.25) is 14.9 Å². The second-order valence-corrected chi connectivity index (χ2v) is 9.40. The lowest BCUT2D eigenvalue weighted by Crippen LogP contribution is -2.54. The van der Waals surface area contributed by atoms with Crippen LogP contribution in [0.15, 0.2) is 60.2 Å². The van der Waals surface area contributed by atoms with E-state index in [1.54, 1.807) is 43.3 Å². The zero-order valence-corrected chi connectivity index (χ0v) is 21.6. The smallest absolute Gasteiger partial charge is 0.335 e. The van der Waals surface area contributed by atoms with E-state index >= 15 is 0 Å². The summed E-state index contributed by atoms with van der Waals surface area (Å²) < 4.78 is 20.0. The van der Waals surface area contributed by atoms with Gasteiger partial charge in [-0.25, -0.2) is 14.1 Å². The third-order valence-corrected chi connectivity index (χ3v) is 6.93. The van der Waals surface area contributed by atoms with Gasteiger partial charge >= 0.3 is 6.03 Å². The number of ether oxygens (including phenoxy) is 1. The van der Waals surface area contributed by atoms with Gasteiger partial charge in [0.25, 0.3) is 11.8 Å². The van der Waals surface area contributed by atoms with Gasteiger partial charge in [0.15, 0.2) is 0 Å². The van der Waals surface area contributed by atoms with Crippen molar-refractivity contribution in [3.63, 3.8) is 0 Å². The lowest BCUT2D eigenvalue weighted by atomic mass is 10.0. The van der Waals surface area contributed by atoms with E-state index in [1.807, 2.05) is 6.07 Å². The number of imide groups is 2. The van der Waals surface area contributed by atoms with Crippen LogP contribution in [0.2, 0.25) is 5.02 Å². The molecule has 1 N–H and O–H groups in total. The van der Waals surface area contributed by atoms with Crippen LogP contribution in [0.3, 0.4) is 0 Å². The first-order valence-electron chi connectivity index (χ1n) is 10.5. The Labute approximate surface area is 219 Å². The van der Waals surface area contributed by atoms with Gasteiger partial charge in [0, 0.05) is 20.6 Å². The Morgan fingerprint density at radius 2 is 1.86 bits per heavy atom. The second kappa shape index (κ2) is 10.2. The fourth-order valence-electron chi connectivity index (χ4n) is 3.80. The summed E-state index contributed by atoms with van der Waals surface area (Å²) in [5.41, 5.74) is 2.76. The summed E-state index contributed by atoms with van der Waals surface area (Å²) in [6.45, 7) is 1.68. The molecule has 1 aliphatic heterocycles. The number of rotatable bonds is 5. The molecule has 0 bridgehead atoms. The van der Waals surface area contributed by atoms with Crippen LogP contribution in [0.25, 0.3) is 6.08 Å². The summed E-state index contributed by atoms with van der Waals surface area (Å²) in [7, 11) is 1.51. The Morgan fingerprint density at radius 1 is 1.11 bits per heavy atom. The first kappa shape index (κ1) is 24.9. The van der Waals surface area contributed by atoms with E-state index in [0.717, 1.165) is 19.6 Å². The molecule has 3 aromatic carbocycles. The van der Waals surface area contributed by atoms with E-state index in [1.165, 1.54) is 25.3 Å². The summed E-state index contributed by atoms with van der Waals surface area (Å²) in [5, 5.41) is 2.60. The highest BCUT2D eigenvalue weighted by atomic mass is 127. The number of nitrogens with zero attached hydrogens (tertiary/aromatic N) is 1. The number of nitrogens with one attached hydrogen (secondary N) is 1. The molecule has 9 heteroatoms. The number of hydrogen-bond donors (Lipinski definition) is 1. The van der Waals surface area contributed by atoms with E-state index in [0.29, 0.717) is 28.3 Å². The number of hydrogen-bond acceptors (Lipinski definition) is 4. The van der Waals surface area contributed by atoms with E-state index in [9.17, 15) is 18.8 Å². The molecule has 0 saturated carbocycles. The highest BCUT2D eigenvalue weighted by molar-refractivity contribution is 14.1. The molecule has 4 amide bonds. The largest absolute Gasteiger partial charge is 0.496 e. The third kappa shape index (κ3) is 5.08. The zero-order chi connectivity index (χ0) is 25.3. The van der Waals surface area contributed by atoms with Crippen molar-refractivity contribution in [1.29, 1.82) is 0 Å². The average Bonchev–Trinajstić information content (AvgIpc) is 2.81. The van der Waals surface area contributed by atoms with Crippen molar-refractivity contribution < 1.29 is 23.5 Å². The molecule has 1 saturated heterocycles. The third-order valence-electron chi connectivity index (χ3n) is 5.56. The van der Waals surface area contributed by atoms with Crippen molar-refractivity contribution in [2.45, 2.75) is 13.3 Å². The lowest BCUT2D eigenvalue weighted by molar-refractivity contribution is -0.122. The Hall–Kier alpha value is -3.24. The normalized spacial score (nSPS) is 14.9.